The first-order valence-electron chi connectivity index (χ1n) is 18.8. The molecular weight excluding hydrogens is 735 g/mol. The Labute approximate surface area is 317 Å². The van der Waals surface area contributed by atoms with Crippen LogP contribution in [0.4, 0.5) is 8.78 Å². The fourth-order valence-corrected chi connectivity index (χ4v) is 8.69. The van der Waals surface area contributed by atoms with Gasteiger partial charge >= 0.3 is 0 Å². The molecule has 1 aromatic heterocycles. The Kier molecular flexibility index (Phi) is 10.4. The zero-order valence-electron chi connectivity index (χ0n) is 30.6. The van der Waals surface area contributed by atoms with Gasteiger partial charge in [-0.15, -0.1) is 0 Å². The molecule has 0 unspecified atom stereocenters. The van der Waals surface area contributed by atoms with Crippen molar-refractivity contribution in [1.29, 1.82) is 0 Å². The molecule has 55 heavy (non-hydrogen) atoms. The molecule has 4 aliphatic rings. The third-order valence-electron chi connectivity index (χ3n) is 11.2. The number of rotatable bonds is 8. The second-order valence-electron chi connectivity index (χ2n) is 15.1. The third-order valence-corrected chi connectivity index (χ3v) is 13.4. The highest BCUT2D eigenvalue weighted by atomic mass is 32.2. The summed E-state index contributed by atoms with van der Waals surface area (Å²) in [6, 6.07) is 7.41. The van der Waals surface area contributed by atoms with Crippen LogP contribution in [0, 0.1) is 17.6 Å². The van der Waals surface area contributed by atoms with Gasteiger partial charge in [0, 0.05) is 12.3 Å². The summed E-state index contributed by atoms with van der Waals surface area (Å²) < 4.78 is 63.2. The number of benzene rings is 2. The monoisotopic (exact) mass is 778 g/mol. The van der Waals surface area contributed by atoms with Crippen LogP contribution in [0.2, 0.25) is 0 Å². The lowest BCUT2D eigenvalue weighted by Gasteiger charge is -2.30. The fraction of sp³-hybridized carbons (Fsp3) is 0.487. The topological polar surface area (TPSA) is 177 Å². The molecule has 4 amide bonds. The minimum atomic E-state index is -4.04. The lowest BCUT2D eigenvalue weighted by atomic mass is 10.0. The smallest absolute Gasteiger partial charge is 0.259 e. The summed E-state index contributed by atoms with van der Waals surface area (Å²) in [6.45, 7) is 3.23. The highest BCUT2D eigenvalue weighted by Crippen LogP contribution is 2.47. The van der Waals surface area contributed by atoms with Gasteiger partial charge in [-0.1, -0.05) is 50.1 Å². The van der Waals surface area contributed by atoms with Gasteiger partial charge in [0.2, 0.25) is 27.7 Å². The van der Waals surface area contributed by atoms with Crippen LogP contribution in [0.3, 0.4) is 0 Å². The number of hydrogen-bond acceptors (Lipinski definition) is 9. The quantitative estimate of drug-likeness (QED) is 0.285. The molecule has 16 heteroatoms. The number of sulfonamides is 1. The van der Waals surface area contributed by atoms with Crippen LogP contribution < -0.4 is 20.1 Å². The van der Waals surface area contributed by atoms with Crippen molar-refractivity contribution in [3.8, 4) is 5.88 Å². The molecule has 2 saturated carbocycles. The Balaban J connectivity index is 1.21. The number of para-hydroxylation sites is 1. The molecule has 0 bridgehead atoms. The fourth-order valence-electron chi connectivity index (χ4n) is 7.37. The molecule has 3 aromatic rings. The normalized spacial score (nSPS) is 26.5. The number of ether oxygens (including phenoxy) is 1. The van der Waals surface area contributed by atoms with Gasteiger partial charge in [0.15, 0.2) is 5.82 Å². The van der Waals surface area contributed by atoms with Crippen LogP contribution in [0.15, 0.2) is 54.6 Å². The minimum Gasteiger partial charge on any atom is -0.471 e. The molecule has 3 heterocycles. The number of halogens is 2. The van der Waals surface area contributed by atoms with Crippen molar-refractivity contribution in [3.63, 3.8) is 0 Å². The van der Waals surface area contributed by atoms with E-state index in [1.807, 2.05) is 19.1 Å². The summed E-state index contributed by atoms with van der Waals surface area (Å²) in [5.74, 6) is -4.82. The average molecular weight is 779 g/mol. The molecule has 5 atom stereocenters. The van der Waals surface area contributed by atoms with E-state index >= 15 is 0 Å². The largest absolute Gasteiger partial charge is 0.471 e. The zero-order chi connectivity index (χ0) is 39.1. The van der Waals surface area contributed by atoms with E-state index in [4.69, 9.17) is 4.74 Å². The van der Waals surface area contributed by atoms with Gasteiger partial charge in [0.1, 0.15) is 40.8 Å². The maximum absolute atomic E-state index is 14.8. The van der Waals surface area contributed by atoms with Gasteiger partial charge in [0.25, 0.3) is 11.8 Å². The maximum Gasteiger partial charge on any atom is 0.259 e. The van der Waals surface area contributed by atoms with Crippen LogP contribution in [0.1, 0.15) is 87.7 Å². The predicted octanol–water partition coefficient (Wildman–Crippen LogP) is 4.01. The van der Waals surface area contributed by atoms with Crippen molar-refractivity contribution in [2.45, 2.75) is 107 Å². The molecular formula is C39H44F2N6O7S. The molecule has 7 rings (SSSR count). The molecule has 0 radical (unpaired) electrons. The van der Waals surface area contributed by atoms with Gasteiger partial charge in [-0.05, 0) is 76.1 Å². The van der Waals surface area contributed by atoms with Gasteiger partial charge in [0.05, 0.1) is 22.4 Å². The van der Waals surface area contributed by atoms with Gasteiger partial charge in [-0.3, -0.25) is 23.9 Å². The van der Waals surface area contributed by atoms with E-state index in [1.54, 1.807) is 13.0 Å². The molecule has 1 saturated heterocycles. The van der Waals surface area contributed by atoms with Crippen molar-refractivity contribution in [2.75, 3.05) is 6.54 Å². The number of aryl methyl sites for hydroxylation is 1. The van der Waals surface area contributed by atoms with E-state index in [9.17, 15) is 36.4 Å². The molecule has 0 spiro atoms. The molecule has 2 aliphatic carbocycles. The van der Waals surface area contributed by atoms with E-state index in [1.165, 1.54) is 35.2 Å². The summed E-state index contributed by atoms with van der Waals surface area (Å²) in [6.07, 6.45) is 6.86. The van der Waals surface area contributed by atoms with E-state index in [0.717, 1.165) is 12.5 Å². The number of carbonyl (C=O) groups is 4. The molecule has 2 aromatic carbocycles. The SMILES string of the molecule is CCc1nc2cccc(F)c2nc1O[C@@H]1C[C@H]2C(=O)N[C@]3(C(=O)NS(=O)(=O)C4(C)CC4)C[C@H]3C=CCCCCC[C@H](NC(=O)c3ccccc3F)C(=O)N2C1. The number of aromatic nitrogens is 2. The lowest BCUT2D eigenvalue weighted by molar-refractivity contribution is -0.141. The number of carbonyl (C=O) groups excluding carboxylic acids is 4. The van der Waals surface area contributed by atoms with Gasteiger partial charge < -0.3 is 20.3 Å². The summed E-state index contributed by atoms with van der Waals surface area (Å²) in [7, 11) is -4.04. The third kappa shape index (κ3) is 7.65. The molecule has 2 aliphatic heterocycles. The number of amides is 4. The summed E-state index contributed by atoms with van der Waals surface area (Å²) >= 11 is 0. The van der Waals surface area contributed by atoms with Gasteiger partial charge in [-0.2, -0.15) is 0 Å². The average Bonchev–Trinajstić information content (AvgIpc) is 4.03. The van der Waals surface area contributed by atoms with Crippen LogP contribution in [0.5, 0.6) is 5.88 Å². The van der Waals surface area contributed by atoms with Crippen LogP contribution in [-0.2, 0) is 30.8 Å². The first kappa shape index (κ1) is 38.3. The standard InChI is InChI=1S/C39H44F2N6O7S/c1-3-28-35(44-32-27(41)15-11-17-29(32)42-28)54-24-20-31-34(49)45-39(37(51)46-55(52,53)38(2)18-19-38)21-23(39)12-7-5-4-6-8-16-30(36(50)47(31)22-24)43-33(48)25-13-9-10-14-26(25)40/h7,9-15,17,23-24,30-31H,3-6,8,16,18-22H2,1-2H3,(H,43,48)(H,45,49)(H,46,51)/t23-,24-,30+,31+,39-/m1/s1. The highest BCUT2D eigenvalue weighted by molar-refractivity contribution is 7.91. The van der Waals surface area contributed by atoms with Crippen molar-refractivity contribution in [3.05, 3.63) is 77.5 Å². The summed E-state index contributed by atoms with van der Waals surface area (Å²) in [4.78, 5) is 66.3. The van der Waals surface area contributed by atoms with Crippen molar-refractivity contribution in [2.24, 2.45) is 5.92 Å². The van der Waals surface area contributed by atoms with Crippen LogP contribution >= 0.6 is 0 Å². The van der Waals surface area contributed by atoms with Gasteiger partial charge in [-0.25, -0.2) is 27.2 Å². The van der Waals surface area contributed by atoms with E-state index in [0.29, 0.717) is 49.7 Å². The number of nitrogens with zero attached hydrogens (tertiary/aromatic N) is 3. The van der Waals surface area contributed by atoms with E-state index < -0.39 is 79.7 Å². The first-order valence-corrected chi connectivity index (χ1v) is 20.3. The van der Waals surface area contributed by atoms with E-state index in [2.05, 4.69) is 25.3 Å². The van der Waals surface area contributed by atoms with Crippen molar-refractivity contribution in [1.82, 2.24) is 30.2 Å². The van der Waals surface area contributed by atoms with Crippen molar-refractivity contribution >= 4 is 44.7 Å². The maximum atomic E-state index is 14.8. The molecule has 13 nitrogen and oxygen atoms in total. The second kappa shape index (κ2) is 14.9. The summed E-state index contributed by atoms with van der Waals surface area (Å²) in [5.41, 5.74) is -1.08. The summed E-state index contributed by atoms with van der Waals surface area (Å²) in [5, 5.41) is 5.51. The van der Waals surface area contributed by atoms with Crippen LogP contribution in [-0.4, -0.2) is 81.9 Å². The number of hydrogen-bond donors (Lipinski definition) is 3. The minimum absolute atomic E-state index is 0.0110. The number of nitrogens with one attached hydrogen (secondary N) is 3. The Hall–Kier alpha value is -4.99. The van der Waals surface area contributed by atoms with Crippen molar-refractivity contribution < 1.29 is 41.1 Å². The number of allylic oxidation sites excluding steroid dienone is 1. The Bertz CT molecular complexity index is 2180. The van der Waals surface area contributed by atoms with E-state index in [-0.39, 0.29) is 42.8 Å². The second-order valence-corrected chi connectivity index (χ2v) is 17.3. The Morgan fingerprint density at radius 2 is 1.80 bits per heavy atom. The molecule has 292 valence electrons. The Morgan fingerprint density at radius 3 is 2.55 bits per heavy atom. The first-order chi connectivity index (χ1) is 26.2. The lowest BCUT2D eigenvalue weighted by Crippen LogP contribution is -2.58. The zero-order valence-corrected chi connectivity index (χ0v) is 31.5. The Morgan fingerprint density at radius 1 is 1.04 bits per heavy atom. The highest BCUT2D eigenvalue weighted by Gasteiger charge is 2.63. The predicted molar refractivity (Wildman–Crippen MR) is 197 cm³/mol. The molecule has 3 N–H and O–H groups in total. The molecule has 3 fully saturated rings. The number of fused-ring (bicyclic) bond motifs is 3. The van der Waals surface area contributed by atoms with Crippen LogP contribution in [0.25, 0.3) is 11.0 Å².